The number of aromatic amines is 1. The van der Waals surface area contributed by atoms with Crippen LogP contribution in [0.5, 0.6) is 0 Å². The minimum atomic E-state index is -0.279. The molecule has 1 atom stereocenters. The van der Waals surface area contributed by atoms with Crippen molar-refractivity contribution in [2.75, 3.05) is 20.1 Å². The molecular formula is C31H31ClN4OS. The maximum absolute atomic E-state index is 14.0. The molecule has 1 fully saturated rings. The SMILES string of the molecule is CN(C(=O)c1sc2ccccc2c1Cl)C(Cc1ccccc1CN1CCCCC1)c1nc2ccccc2[nH]1. The summed E-state index contributed by atoms with van der Waals surface area (Å²) in [6, 6.07) is 24.3. The van der Waals surface area contributed by atoms with Crippen LogP contribution < -0.4 is 0 Å². The van der Waals surface area contributed by atoms with E-state index >= 15 is 0 Å². The van der Waals surface area contributed by atoms with Gasteiger partial charge in [-0.15, -0.1) is 11.3 Å². The zero-order valence-electron chi connectivity index (χ0n) is 21.5. The number of benzene rings is 3. The fourth-order valence-corrected chi connectivity index (χ4v) is 6.97. The summed E-state index contributed by atoms with van der Waals surface area (Å²) in [5.41, 5.74) is 4.42. The van der Waals surface area contributed by atoms with E-state index in [-0.39, 0.29) is 11.9 Å². The molecule has 0 radical (unpaired) electrons. The zero-order valence-corrected chi connectivity index (χ0v) is 23.1. The third-order valence-electron chi connectivity index (χ3n) is 7.61. The molecular weight excluding hydrogens is 512 g/mol. The summed E-state index contributed by atoms with van der Waals surface area (Å²) in [6.07, 6.45) is 4.50. The van der Waals surface area contributed by atoms with Crippen molar-refractivity contribution in [1.29, 1.82) is 0 Å². The molecule has 7 heteroatoms. The Balaban J connectivity index is 1.37. The van der Waals surface area contributed by atoms with Gasteiger partial charge in [0.05, 0.1) is 22.1 Å². The summed E-state index contributed by atoms with van der Waals surface area (Å²) < 4.78 is 1.02. The topological polar surface area (TPSA) is 52.2 Å². The van der Waals surface area contributed by atoms with Gasteiger partial charge < -0.3 is 9.88 Å². The number of para-hydroxylation sites is 2. The largest absolute Gasteiger partial charge is 0.340 e. The molecule has 1 N–H and O–H groups in total. The van der Waals surface area contributed by atoms with Crippen molar-refractivity contribution in [2.24, 2.45) is 0 Å². The molecule has 0 aliphatic carbocycles. The van der Waals surface area contributed by atoms with Gasteiger partial charge in [-0.3, -0.25) is 9.69 Å². The first-order chi connectivity index (χ1) is 18.6. The predicted molar refractivity (Wildman–Crippen MR) is 157 cm³/mol. The van der Waals surface area contributed by atoms with Crippen molar-refractivity contribution >= 4 is 50.0 Å². The Morgan fingerprint density at radius 3 is 2.50 bits per heavy atom. The average molecular weight is 543 g/mol. The summed E-state index contributed by atoms with van der Waals surface area (Å²) in [5, 5.41) is 1.44. The molecule has 1 aliphatic rings. The molecule has 194 valence electrons. The summed E-state index contributed by atoms with van der Waals surface area (Å²) in [6.45, 7) is 3.22. The lowest BCUT2D eigenvalue weighted by Gasteiger charge is -2.30. The second kappa shape index (κ2) is 10.9. The highest BCUT2D eigenvalue weighted by Crippen LogP contribution is 2.37. The van der Waals surface area contributed by atoms with Crippen LogP contribution in [0.2, 0.25) is 5.02 Å². The Bertz CT molecular complexity index is 1550. The second-order valence-electron chi connectivity index (χ2n) is 10.1. The van der Waals surface area contributed by atoms with E-state index in [1.54, 1.807) is 0 Å². The number of hydrogen-bond acceptors (Lipinski definition) is 4. The van der Waals surface area contributed by atoms with Crippen LogP contribution in [0.3, 0.4) is 0 Å². The van der Waals surface area contributed by atoms with Gasteiger partial charge in [0.1, 0.15) is 10.7 Å². The molecule has 1 amide bonds. The highest BCUT2D eigenvalue weighted by molar-refractivity contribution is 7.21. The van der Waals surface area contributed by atoms with Gasteiger partial charge in [-0.1, -0.05) is 72.6 Å². The number of halogens is 1. The van der Waals surface area contributed by atoms with Crippen LogP contribution in [0.15, 0.2) is 72.8 Å². The fourth-order valence-electron chi connectivity index (χ4n) is 5.48. The number of likely N-dealkylation sites (N-methyl/N-ethyl adjacent to an activating group) is 1. The predicted octanol–water partition coefficient (Wildman–Crippen LogP) is 7.47. The maximum atomic E-state index is 14.0. The average Bonchev–Trinajstić information content (AvgIpc) is 3.53. The molecule has 1 saturated heterocycles. The number of nitrogens with one attached hydrogen (secondary N) is 1. The van der Waals surface area contributed by atoms with Gasteiger partial charge >= 0.3 is 0 Å². The number of aromatic nitrogens is 2. The van der Waals surface area contributed by atoms with Gasteiger partial charge in [0.25, 0.3) is 5.91 Å². The molecule has 5 nitrogen and oxygen atoms in total. The molecule has 6 rings (SSSR count). The van der Waals surface area contributed by atoms with Crippen molar-refractivity contribution in [3.05, 3.63) is 99.6 Å². The first kappa shape index (κ1) is 25.1. The highest BCUT2D eigenvalue weighted by Gasteiger charge is 2.29. The Labute approximate surface area is 232 Å². The van der Waals surface area contributed by atoms with E-state index in [0.717, 1.165) is 46.6 Å². The number of piperidine rings is 1. The Hall–Kier alpha value is -3.19. The first-order valence-electron chi connectivity index (χ1n) is 13.3. The van der Waals surface area contributed by atoms with Crippen LogP contribution in [0.1, 0.15) is 51.9 Å². The van der Waals surface area contributed by atoms with E-state index < -0.39 is 0 Å². The van der Waals surface area contributed by atoms with Crippen LogP contribution in [-0.2, 0) is 13.0 Å². The van der Waals surface area contributed by atoms with E-state index in [0.29, 0.717) is 16.3 Å². The highest BCUT2D eigenvalue weighted by atomic mass is 35.5. The molecule has 0 spiro atoms. The Morgan fingerprint density at radius 1 is 1.00 bits per heavy atom. The zero-order chi connectivity index (χ0) is 26.1. The quantitative estimate of drug-likeness (QED) is 0.232. The van der Waals surface area contributed by atoms with E-state index in [4.69, 9.17) is 16.6 Å². The molecule has 0 bridgehead atoms. The van der Waals surface area contributed by atoms with Crippen molar-refractivity contribution in [3.8, 4) is 0 Å². The molecule has 0 saturated carbocycles. The van der Waals surface area contributed by atoms with E-state index in [1.165, 1.54) is 41.7 Å². The minimum absolute atomic E-state index is 0.0878. The number of thiophene rings is 1. The lowest BCUT2D eigenvalue weighted by atomic mass is 9.97. The number of carbonyl (C=O) groups excluding carboxylic acids is 1. The lowest BCUT2D eigenvalue weighted by molar-refractivity contribution is 0.0728. The number of H-pyrrole nitrogens is 1. The number of fused-ring (bicyclic) bond motifs is 2. The van der Waals surface area contributed by atoms with Crippen LogP contribution in [0.4, 0.5) is 0 Å². The fraction of sp³-hybridized carbons (Fsp3) is 0.290. The van der Waals surface area contributed by atoms with Crippen LogP contribution >= 0.6 is 22.9 Å². The van der Waals surface area contributed by atoms with E-state index in [2.05, 4.69) is 34.1 Å². The minimum Gasteiger partial charge on any atom is -0.340 e. The Morgan fingerprint density at radius 2 is 1.71 bits per heavy atom. The van der Waals surface area contributed by atoms with E-state index in [9.17, 15) is 4.79 Å². The monoisotopic (exact) mass is 542 g/mol. The molecule has 38 heavy (non-hydrogen) atoms. The molecule has 1 aliphatic heterocycles. The number of carbonyl (C=O) groups is 1. The van der Waals surface area contributed by atoms with Crippen LogP contribution in [0, 0.1) is 0 Å². The van der Waals surface area contributed by atoms with Gasteiger partial charge in [0, 0.05) is 30.1 Å². The molecule has 1 unspecified atom stereocenters. The van der Waals surface area contributed by atoms with Gasteiger partial charge in [0.15, 0.2) is 0 Å². The maximum Gasteiger partial charge on any atom is 0.265 e. The summed E-state index contributed by atoms with van der Waals surface area (Å²) in [4.78, 5) is 27.3. The second-order valence-corrected chi connectivity index (χ2v) is 11.6. The van der Waals surface area contributed by atoms with Gasteiger partial charge in [0.2, 0.25) is 0 Å². The van der Waals surface area contributed by atoms with Crippen molar-refractivity contribution in [3.63, 3.8) is 0 Å². The number of amides is 1. The first-order valence-corrected chi connectivity index (χ1v) is 14.5. The van der Waals surface area contributed by atoms with Crippen LogP contribution in [0.25, 0.3) is 21.1 Å². The number of nitrogens with zero attached hydrogens (tertiary/aromatic N) is 3. The third-order valence-corrected chi connectivity index (χ3v) is 9.28. The molecule has 2 aromatic heterocycles. The van der Waals surface area contributed by atoms with Gasteiger partial charge in [-0.25, -0.2) is 4.98 Å². The summed E-state index contributed by atoms with van der Waals surface area (Å²) in [5.74, 6) is 0.697. The van der Waals surface area contributed by atoms with Crippen molar-refractivity contribution in [2.45, 2.75) is 38.3 Å². The van der Waals surface area contributed by atoms with Gasteiger partial charge in [-0.2, -0.15) is 0 Å². The van der Waals surface area contributed by atoms with E-state index in [1.807, 2.05) is 60.5 Å². The standard InChI is InChI=1S/C31H31ClN4OS/c1-35(31(37)29-28(32)23-13-5-8-16-27(23)38-29)26(30-33-24-14-6-7-15-25(24)34-30)19-21-11-3-4-12-22(21)20-36-17-9-2-10-18-36/h3-8,11-16,26H,2,9-10,17-20H2,1H3,(H,33,34). The summed E-state index contributed by atoms with van der Waals surface area (Å²) in [7, 11) is 1.87. The molecule has 5 aromatic rings. The van der Waals surface area contributed by atoms with Gasteiger partial charge in [-0.05, 0) is 55.3 Å². The molecule has 3 aromatic carbocycles. The Kier molecular flexibility index (Phi) is 7.20. The normalized spacial score (nSPS) is 15.2. The number of imidazole rings is 1. The lowest BCUT2D eigenvalue weighted by Crippen LogP contribution is -2.33. The number of rotatable bonds is 7. The third kappa shape index (κ3) is 4.96. The summed E-state index contributed by atoms with van der Waals surface area (Å²) >= 11 is 8.19. The van der Waals surface area contributed by atoms with Crippen molar-refractivity contribution in [1.82, 2.24) is 19.8 Å². The van der Waals surface area contributed by atoms with Crippen LogP contribution in [-0.4, -0.2) is 45.8 Å². The number of hydrogen-bond donors (Lipinski definition) is 1. The smallest absolute Gasteiger partial charge is 0.265 e. The van der Waals surface area contributed by atoms with Crippen molar-refractivity contribution < 1.29 is 4.79 Å². The molecule has 3 heterocycles. The number of likely N-dealkylation sites (tertiary alicyclic amines) is 1.